The minimum Gasteiger partial charge on any atom is -0.493 e. The number of piperidine rings is 1. The number of nitrogens with zero attached hydrogens (tertiary/aromatic N) is 1. The van der Waals surface area contributed by atoms with Gasteiger partial charge in [-0.2, -0.15) is 0 Å². The van der Waals surface area contributed by atoms with Gasteiger partial charge in [0.15, 0.2) is 0 Å². The smallest absolute Gasteiger partial charge is 0.127 e. The van der Waals surface area contributed by atoms with Gasteiger partial charge < -0.3 is 10.1 Å². The summed E-state index contributed by atoms with van der Waals surface area (Å²) < 4.78 is 7.07. The van der Waals surface area contributed by atoms with Crippen LogP contribution in [0.3, 0.4) is 0 Å². The molecule has 3 heterocycles. The average Bonchev–Trinajstić information content (AvgIpc) is 3.07. The second kappa shape index (κ2) is 6.68. The Balaban J connectivity index is 0.00000144. The second-order valence-corrected chi connectivity index (χ2v) is 7.78. The number of hydrogen-bond donors (Lipinski definition) is 1. The second-order valence-electron chi connectivity index (χ2n) is 6.86. The number of ether oxygens (including phenoxy) is 1. The molecule has 3 aliphatic heterocycles. The zero-order valence-corrected chi connectivity index (χ0v) is 15.3. The van der Waals surface area contributed by atoms with Crippen LogP contribution in [0.15, 0.2) is 16.6 Å². The molecule has 2 fully saturated rings. The Morgan fingerprint density at radius 2 is 2.05 bits per heavy atom. The number of halogens is 2. The van der Waals surface area contributed by atoms with Crippen molar-refractivity contribution >= 4 is 28.3 Å². The number of fused-ring (bicyclic) bond motifs is 1. The Morgan fingerprint density at radius 1 is 1.23 bits per heavy atom. The largest absolute Gasteiger partial charge is 0.493 e. The van der Waals surface area contributed by atoms with Crippen LogP contribution in [0.5, 0.6) is 5.75 Å². The highest BCUT2D eigenvalue weighted by Crippen LogP contribution is 2.40. The Labute approximate surface area is 147 Å². The van der Waals surface area contributed by atoms with Gasteiger partial charge in [0.05, 0.1) is 6.61 Å². The molecule has 0 atom stereocenters. The molecule has 5 heteroatoms. The van der Waals surface area contributed by atoms with E-state index >= 15 is 0 Å². The van der Waals surface area contributed by atoms with E-state index in [9.17, 15) is 0 Å². The maximum Gasteiger partial charge on any atom is 0.127 e. The Kier molecular flexibility index (Phi) is 5.03. The molecule has 0 aromatic heterocycles. The molecule has 0 unspecified atom stereocenters. The van der Waals surface area contributed by atoms with E-state index in [1.54, 1.807) is 0 Å². The maximum atomic E-state index is 5.87. The molecule has 4 rings (SSSR count). The first kappa shape index (κ1) is 16.6. The van der Waals surface area contributed by atoms with Gasteiger partial charge in [0, 0.05) is 29.5 Å². The monoisotopic (exact) mass is 386 g/mol. The van der Waals surface area contributed by atoms with Crippen LogP contribution in [-0.4, -0.2) is 37.7 Å². The predicted molar refractivity (Wildman–Crippen MR) is 95.0 cm³/mol. The van der Waals surface area contributed by atoms with E-state index in [0.717, 1.165) is 25.3 Å². The molecule has 122 valence electrons. The van der Waals surface area contributed by atoms with Crippen molar-refractivity contribution in [3.8, 4) is 5.75 Å². The lowest BCUT2D eigenvalue weighted by atomic mass is 9.78. The fourth-order valence-electron chi connectivity index (χ4n) is 4.23. The summed E-state index contributed by atoms with van der Waals surface area (Å²) in [6, 6.07) is 4.46. The third-order valence-electron chi connectivity index (χ3n) is 5.40. The van der Waals surface area contributed by atoms with Crippen LogP contribution in [0.25, 0.3) is 0 Å². The molecule has 1 aromatic carbocycles. The van der Waals surface area contributed by atoms with Crippen molar-refractivity contribution in [3.05, 3.63) is 27.7 Å². The van der Waals surface area contributed by atoms with Gasteiger partial charge in [-0.05, 0) is 62.0 Å². The highest BCUT2D eigenvalue weighted by molar-refractivity contribution is 9.10. The first-order chi connectivity index (χ1) is 10.2. The van der Waals surface area contributed by atoms with E-state index in [2.05, 4.69) is 38.3 Å². The molecule has 22 heavy (non-hydrogen) atoms. The first-order valence-electron chi connectivity index (χ1n) is 8.11. The molecule has 0 aliphatic carbocycles. The predicted octanol–water partition coefficient (Wildman–Crippen LogP) is 3.38. The van der Waals surface area contributed by atoms with Gasteiger partial charge in [0.2, 0.25) is 0 Å². The van der Waals surface area contributed by atoms with Crippen molar-refractivity contribution in [3.63, 3.8) is 0 Å². The lowest BCUT2D eigenvalue weighted by molar-refractivity contribution is 0.193. The number of nitrogens with one attached hydrogen (secondary N) is 1. The van der Waals surface area contributed by atoms with Crippen LogP contribution in [0.4, 0.5) is 0 Å². The van der Waals surface area contributed by atoms with E-state index in [1.807, 2.05) is 0 Å². The molecular formula is C17H24BrClN2O. The Hall–Kier alpha value is -0.290. The van der Waals surface area contributed by atoms with Crippen LogP contribution in [0.1, 0.15) is 30.4 Å². The van der Waals surface area contributed by atoms with Crippen LogP contribution in [0.2, 0.25) is 0 Å². The quantitative estimate of drug-likeness (QED) is 0.842. The summed E-state index contributed by atoms with van der Waals surface area (Å²) in [5.74, 6) is 1.16. The fourth-order valence-corrected chi connectivity index (χ4v) is 4.78. The number of hydrogen-bond acceptors (Lipinski definition) is 3. The Bertz CT molecular complexity index is 546. The fraction of sp³-hybridized carbons (Fsp3) is 0.647. The molecule has 3 aliphatic rings. The number of rotatable bonds is 2. The van der Waals surface area contributed by atoms with E-state index < -0.39 is 0 Å². The van der Waals surface area contributed by atoms with Gasteiger partial charge in [0.1, 0.15) is 5.75 Å². The summed E-state index contributed by atoms with van der Waals surface area (Å²) in [4.78, 5) is 2.63. The molecule has 0 bridgehead atoms. The lowest BCUT2D eigenvalue weighted by Gasteiger charge is -2.34. The van der Waals surface area contributed by atoms with Crippen molar-refractivity contribution in [2.75, 3.05) is 32.8 Å². The summed E-state index contributed by atoms with van der Waals surface area (Å²) in [5.41, 5.74) is 3.32. The summed E-state index contributed by atoms with van der Waals surface area (Å²) in [6.45, 7) is 6.77. The molecule has 1 spiro atoms. The van der Waals surface area contributed by atoms with E-state index in [0.29, 0.717) is 5.41 Å². The van der Waals surface area contributed by atoms with Gasteiger partial charge in [-0.3, -0.25) is 4.90 Å². The van der Waals surface area contributed by atoms with Gasteiger partial charge in [-0.25, -0.2) is 0 Å². The van der Waals surface area contributed by atoms with Crippen molar-refractivity contribution in [1.82, 2.24) is 10.2 Å². The minimum absolute atomic E-state index is 0. The van der Waals surface area contributed by atoms with Crippen molar-refractivity contribution in [1.29, 1.82) is 0 Å². The van der Waals surface area contributed by atoms with Crippen LogP contribution < -0.4 is 10.1 Å². The average molecular weight is 388 g/mol. The zero-order valence-electron chi connectivity index (χ0n) is 12.9. The van der Waals surface area contributed by atoms with Gasteiger partial charge >= 0.3 is 0 Å². The highest BCUT2D eigenvalue weighted by Gasteiger charge is 2.38. The molecule has 2 saturated heterocycles. The van der Waals surface area contributed by atoms with Gasteiger partial charge in [-0.15, -0.1) is 12.4 Å². The maximum absolute atomic E-state index is 5.87. The van der Waals surface area contributed by atoms with Crippen molar-refractivity contribution < 1.29 is 4.74 Å². The summed E-state index contributed by atoms with van der Waals surface area (Å²) in [5, 5.41) is 3.50. The van der Waals surface area contributed by atoms with Crippen LogP contribution in [0, 0.1) is 5.41 Å². The minimum atomic E-state index is 0. The molecule has 0 amide bonds. The van der Waals surface area contributed by atoms with Crippen molar-refractivity contribution in [2.24, 2.45) is 5.41 Å². The van der Waals surface area contributed by atoms with E-state index in [4.69, 9.17) is 4.74 Å². The third-order valence-corrected chi connectivity index (χ3v) is 5.86. The summed E-state index contributed by atoms with van der Waals surface area (Å²) in [7, 11) is 0. The molecule has 3 nitrogen and oxygen atoms in total. The lowest BCUT2D eigenvalue weighted by Crippen LogP contribution is -2.38. The summed E-state index contributed by atoms with van der Waals surface area (Å²) >= 11 is 3.65. The molecule has 1 aromatic rings. The molecular weight excluding hydrogens is 364 g/mol. The van der Waals surface area contributed by atoms with E-state index in [-0.39, 0.29) is 12.4 Å². The van der Waals surface area contributed by atoms with Gasteiger partial charge in [0.25, 0.3) is 0 Å². The summed E-state index contributed by atoms with van der Waals surface area (Å²) in [6.07, 6.45) is 5.11. The standard InChI is InChI=1S/C17H23BrN2O.ClH/c18-15-9-13-1-8-21-16(13)14(10-15)11-20-7-4-17(12-20)2-5-19-6-3-17;/h9-10,19H,1-8,11-12H2;1H. The zero-order chi connectivity index (χ0) is 14.3. The molecule has 1 N–H and O–H groups in total. The number of likely N-dealkylation sites (tertiary alicyclic amines) is 1. The highest BCUT2D eigenvalue weighted by atomic mass is 79.9. The normalized spacial score (nSPS) is 23.1. The van der Waals surface area contributed by atoms with E-state index in [1.165, 1.54) is 61.0 Å². The van der Waals surface area contributed by atoms with Crippen LogP contribution in [-0.2, 0) is 13.0 Å². The molecule has 0 radical (unpaired) electrons. The van der Waals surface area contributed by atoms with Crippen LogP contribution >= 0.6 is 28.3 Å². The SMILES string of the molecule is Brc1cc2c(c(CN3CCC4(CCNCC4)C3)c1)OCC2.Cl. The first-order valence-corrected chi connectivity index (χ1v) is 8.91. The molecule has 0 saturated carbocycles. The van der Waals surface area contributed by atoms with Gasteiger partial charge in [-0.1, -0.05) is 15.9 Å². The van der Waals surface area contributed by atoms with Crippen molar-refractivity contribution in [2.45, 2.75) is 32.2 Å². The number of benzene rings is 1. The Morgan fingerprint density at radius 3 is 2.86 bits per heavy atom. The topological polar surface area (TPSA) is 24.5 Å². The third kappa shape index (κ3) is 3.16.